The van der Waals surface area contributed by atoms with E-state index in [0.717, 1.165) is 0 Å². The second kappa shape index (κ2) is 2.88. The fraction of sp³-hybridized carbons (Fsp3) is 1.00. The molecule has 0 amide bonds. The third-order valence-corrected chi connectivity index (χ3v) is 0.969. The van der Waals surface area contributed by atoms with Gasteiger partial charge in [0, 0.05) is 0 Å². The van der Waals surface area contributed by atoms with Crippen LogP contribution in [0.5, 0.6) is 0 Å². The molecule has 11 heavy (non-hydrogen) atoms. The lowest BCUT2D eigenvalue weighted by molar-refractivity contribution is -0.318. The Labute approximate surface area is 57.6 Å². The predicted octanol–water partition coefficient (Wildman–Crippen LogP) is 1.72. The summed E-state index contributed by atoms with van der Waals surface area (Å²) in [6, 6.07) is 0. The first-order chi connectivity index (χ1) is 4.69. The number of rotatable bonds is 2. The minimum absolute atomic E-state index is 2.34. The van der Waals surface area contributed by atoms with E-state index in [2.05, 4.69) is 0 Å². The van der Waals surface area contributed by atoms with Crippen LogP contribution < -0.4 is 0 Å². The summed E-state index contributed by atoms with van der Waals surface area (Å²) in [7, 11) is 0. The fourth-order valence-electron chi connectivity index (χ4n) is 0.377. The third-order valence-electron chi connectivity index (χ3n) is 0.969. The zero-order chi connectivity index (χ0) is 9.28. The molecule has 0 spiro atoms. The molecule has 0 saturated heterocycles. The molecule has 0 aromatic rings. The molecule has 7 heteroatoms. The summed E-state index contributed by atoms with van der Waals surface area (Å²) in [6.07, 6.45) is -10.5. The van der Waals surface area contributed by atoms with Gasteiger partial charge >= 0.3 is 12.3 Å². The predicted molar refractivity (Wildman–Crippen MR) is 22.7 cm³/mol. The topological polar surface area (TPSA) is 20.2 Å². The minimum atomic E-state index is -5.42. The lowest BCUT2D eigenvalue weighted by atomic mass is 10.1. The molecule has 0 radical (unpaired) electrons. The highest BCUT2D eigenvalue weighted by Crippen LogP contribution is 2.36. The monoisotopic (exact) mass is 182 g/mol. The van der Waals surface area contributed by atoms with Crippen molar-refractivity contribution in [1.82, 2.24) is 0 Å². The fourth-order valence-corrected chi connectivity index (χ4v) is 0.377. The smallest absolute Gasteiger partial charge is 0.336 e. The zero-order valence-corrected chi connectivity index (χ0v) is 5.00. The summed E-state index contributed by atoms with van der Waals surface area (Å²) in [4.78, 5) is 0. The van der Waals surface area contributed by atoms with Crippen LogP contribution >= 0.6 is 0 Å². The number of aliphatic hydroxyl groups is 1. The summed E-state index contributed by atoms with van der Waals surface area (Å²) >= 11 is 0. The van der Waals surface area contributed by atoms with E-state index in [0.29, 0.717) is 0 Å². The van der Waals surface area contributed by atoms with Gasteiger partial charge in [0.1, 0.15) is 6.67 Å². The molecule has 0 aliphatic heterocycles. The molecule has 0 aromatic carbocycles. The lowest BCUT2D eigenvalue weighted by Gasteiger charge is -2.21. The Kier molecular flexibility index (Phi) is 2.76. The van der Waals surface area contributed by atoms with E-state index in [9.17, 15) is 26.3 Å². The first-order valence-electron chi connectivity index (χ1n) is 2.42. The summed E-state index contributed by atoms with van der Waals surface area (Å²) in [5, 5.41) is 7.52. The van der Waals surface area contributed by atoms with Crippen molar-refractivity contribution < 1.29 is 31.4 Å². The zero-order valence-electron chi connectivity index (χ0n) is 5.00. The van der Waals surface area contributed by atoms with Gasteiger partial charge in [0.05, 0.1) is 0 Å². The maximum Gasteiger partial charge on any atom is 0.402 e. The standard InChI is InChI=1S/C4H4F6O/c5-1-2(3(6,7)8)4(9,10)11/h2,11H,1H2. The van der Waals surface area contributed by atoms with Crippen LogP contribution in [-0.2, 0) is 0 Å². The van der Waals surface area contributed by atoms with Crippen molar-refractivity contribution >= 4 is 0 Å². The highest BCUT2D eigenvalue weighted by Gasteiger charge is 2.55. The van der Waals surface area contributed by atoms with Gasteiger partial charge in [-0.3, -0.25) is 4.39 Å². The second-order valence-corrected chi connectivity index (χ2v) is 1.84. The maximum atomic E-state index is 11.5. The molecule has 0 aliphatic rings. The molecule has 1 unspecified atom stereocenters. The average Bonchev–Trinajstić information content (AvgIpc) is 1.56. The van der Waals surface area contributed by atoms with Gasteiger partial charge in [0.15, 0.2) is 5.92 Å². The van der Waals surface area contributed by atoms with Crippen molar-refractivity contribution in [3.63, 3.8) is 0 Å². The van der Waals surface area contributed by atoms with Crippen molar-refractivity contribution in [1.29, 1.82) is 0 Å². The minimum Gasteiger partial charge on any atom is -0.336 e. The Hall–Kier alpha value is -0.460. The van der Waals surface area contributed by atoms with E-state index >= 15 is 0 Å². The molecule has 1 atom stereocenters. The Bertz CT molecular complexity index is 110. The molecule has 0 heterocycles. The third kappa shape index (κ3) is 2.96. The first kappa shape index (κ1) is 10.5. The maximum absolute atomic E-state index is 11.5. The first-order valence-corrected chi connectivity index (χ1v) is 2.42. The molecule has 0 rings (SSSR count). The van der Waals surface area contributed by atoms with Gasteiger partial charge in [0.25, 0.3) is 0 Å². The Morgan fingerprint density at radius 3 is 1.45 bits per heavy atom. The normalized spacial score (nSPS) is 16.6. The Morgan fingerprint density at radius 1 is 1.09 bits per heavy atom. The number of hydrogen-bond acceptors (Lipinski definition) is 1. The number of hydrogen-bond donors (Lipinski definition) is 1. The van der Waals surface area contributed by atoms with E-state index in [4.69, 9.17) is 5.11 Å². The van der Waals surface area contributed by atoms with Gasteiger partial charge in [-0.15, -0.1) is 0 Å². The lowest BCUT2D eigenvalue weighted by Crippen LogP contribution is -2.40. The van der Waals surface area contributed by atoms with Gasteiger partial charge in [0.2, 0.25) is 0 Å². The van der Waals surface area contributed by atoms with E-state index in [1.54, 1.807) is 0 Å². The van der Waals surface area contributed by atoms with Crippen molar-refractivity contribution in [2.75, 3.05) is 6.67 Å². The van der Waals surface area contributed by atoms with Gasteiger partial charge in [-0.2, -0.15) is 22.0 Å². The summed E-state index contributed by atoms with van der Waals surface area (Å²) in [5.74, 6) is -3.63. The van der Waals surface area contributed by atoms with E-state index < -0.39 is 24.9 Å². The molecule has 0 aliphatic carbocycles. The molecule has 68 valence electrons. The molecule has 1 N–H and O–H groups in total. The Balaban J connectivity index is 4.43. The summed E-state index contributed by atoms with van der Waals surface area (Å²) in [6.45, 7) is -2.34. The molecule has 0 bridgehead atoms. The molecular weight excluding hydrogens is 178 g/mol. The average molecular weight is 182 g/mol. The van der Waals surface area contributed by atoms with Gasteiger partial charge < -0.3 is 5.11 Å². The summed E-state index contributed by atoms with van der Waals surface area (Å²) in [5.41, 5.74) is 0. The Morgan fingerprint density at radius 2 is 1.45 bits per heavy atom. The van der Waals surface area contributed by atoms with Gasteiger partial charge in [-0.05, 0) is 0 Å². The van der Waals surface area contributed by atoms with Crippen LogP contribution in [0.15, 0.2) is 0 Å². The SMILES string of the molecule is OC(F)(F)C(CF)C(F)(F)F. The van der Waals surface area contributed by atoms with E-state index in [1.165, 1.54) is 0 Å². The molecule has 0 aromatic heterocycles. The van der Waals surface area contributed by atoms with E-state index in [-0.39, 0.29) is 0 Å². The van der Waals surface area contributed by atoms with Crippen molar-refractivity contribution in [3.05, 3.63) is 0 Å². The quantitative estimate of drug-likeness (QED) is 0.644. The highest BCUT2D eigenvalue weighted by atomic mass is 19.4. The molecule has 0 saturated carbocycles. The van der Waals surface area contributed by atoms with Crippen LogP contribution in [0.2, 0.25) is 0 Å². The van der Waals surface area contributed by atoms with Gasteiger partial charge in [-0.1, -0.05) is 0 Å². The highest BCUT2D eigenvalue weighted by molar-refractivity contribution is 4.73. The molecular formula is C4H4F6O. The van der Waals surface area contributed by atoms with E-state index in [1.807, 2.05) is 0 Å². The summed E-state index contributed by atoms with van der Waals surface area (Å²) < 4.78 is 68.3. The molecule has 0 fully saturated rings. The van der Waals surface area contributed by atoms with Crippen LogP contribution in [0.3, 0.4) is 0 Å². The second-order valence-electron chi connectivity index (χ2n) is 1.84. The van der Waals surface area contributed by atoms with Crippen molar-refractivity contribution in [3.8, 4) is 0 Å². The van der Waals surface area contributed by atoms with Crippen molar-refractivity contribution in [2.45, 2.75) is 12.3 Å². The van der Waals surface area contributed by atoms with Crippen LogP contribution in [0.1, 0.15) is 0 Å². The van der Waals surface area contributed by atoms with Crippen molar-refractivity contribution in [2.24, 2.45) is 5.92 Å². The largest absolute Gasteiger partial charge is 0.402 e. The van der Waals surface area contributed by atoms with Crippen LogP contribution in [-0.4, -0.2) is 24.1 Å². The van der Waals surface area contributed by atoms with Crippen LogP contribution in [0, 0.1) is 5.92 Å². The molecule has 1 nitrogen and oxygen atoms in total. The van der Waals surface area contributed by atoms with Crippen LogP contribution in [0.4, 0.5) is 26.3 Å². The van der Waals surface area contributed by atoms with Gasteiger partial charge in [-0.25, -0.2) is 0 Å². The number of alkyl halides is 6. The van der Waals surface area contributed by atoms with Crippen LogP contribution in [0.25, 0.3) is 0 Å². The number of halogens is 6.